The SMILES string of the molecule is CC(C)CNCCc1nnc(C2COc3ccccc32)s1. The van der Waals surface area contributed by atoms with E-state index in [1.807, 2.05) is 12.1 Å². The Labute approximate surface area is 129 Å². The normalized spacial score (nSPS) is 17.0. The third kappa shape index (κ3) is 3.41. The molecule has 21 heavy (non-hydrogen) atoms. The Morgan fingerprint density at radius 1 is 1.33 bits per heavy atom. The molecule has 1 N–H and O–H groups in total. The molecule has 1 aliphatic rings. The number of para-hydroxylation sites is 1. The highest BCUT2D eigenvalue weighted by Crippen LogP contribution is 2.38. The molecule has 0 radical (unpaired) electrons. The number of hydrogen-bond acceptors (Lipinski definition) is 5. The Balaban J connectivity index is 1.61. The third-order valence-corrected chi connectivity index (χ3v) is 4.65. The van der Waals surface area contributed by atoms with Gasteiger partial charge in [0.25, 0.3) is 0 Å². The summed E-state index contributed by atoms with van der Waals surface area (Å²) in [5.74, 6) is 1.91. The number of ether oxygens (including phenoxy) is 1. The lowest BCUT2D eigenvalue weighted by atomic mass is 10.0. The molecule has 0 saturated heterocycles. The van der Waals surface area contributed by atoms with Crippen molar-refractivity contribution in [2.75, 3.05) is 19.7 Å². The predicted molar refractivity (Wildman–Crippen MR) is 85.1 cm³/mol. The fourth-order valence-corrected chi connectivity index (χ4v) is 3.41. The zero-order valence-corrected chi connectivity index (χ0v) is 13.3. The minimum atomic E-state index is 0.246. The number of aromatic nitrogens is 2. The van der Waals surface area contributed by atoms with Crippen molar-refractivity contribution in [2.24, 2.45) is 5.92 Å². The van der Waals surface area contributed by atoms with Crippen LogP contribution < -0.4 is 10.1 Å². The van der Waals surface area contributed by atoms with Gasteiger partial charge in [-0.3, -0.25) is 0 Å². The van der Waals surface area contributed by atoms with Crippen LogP contribution in [0.1, 0.15) is 35.3 Å². The molecule has 4 nitrogen and oxygen atoms in total. The average molecular weight is 303 g/mol. The van der Waals surface area contributed by atoms with Gasteiger partial charge in [0.15, 0.2) is 0 Å². The Hall–Kier alpha value is -1.46. The van der Waals surface area contributed by atoms with Crippen molar-refractivity contribution in [3.05, 3.63) is 39.8 Å². The van der Waals surface area contributed by atoms with Gasteiger partial charge in [-0.2, -0.15) is 0 Å². The highest BCUT2D eigenvalue weighted by atomic mass is 32.1. The van der Waals surface area contributed by atoms with Crippen molar-refractivity contribution < 1.29 is 4.74 Å². The van der Waals surface area contributed by atoms with E-state index in [1.165, 1.54) is 5.56 Å². The zero-order chi connectivity index (χ0) is 14.7. The fraction of sp³-hybridized carbons (Fsp3) is 0.500. The Bertz CT molecular complexity index is 597. The highest BCUT2D eigenvalue weighted by molar-refractivity contribution is 7.11. The minimum Gasteiger partial charge on any atom is -0.492 e. The maximum absolute atomic E-state index is 5.73. The van der Waals surface area contributed by atoms with Gasteiger partial charge < -0.3 is 10.1 Å². The Morgan fingerprint density at radius 2 is 2.19 bits per heavy atom. The van der Waals surface area contributed by atoms with Crippen LogP contribution in [-0.2, 0) is 6.42 Å². The van der Waals surface area contributed by atoms with Gasteiger partial charge in [-0.15, -0.1) is 21.5 Å². The van der Waals surface area contributed by atoms with E-state index in [-0.39, 0.29) is 5.92 Å². The predicted octanol–water partition coefficient (Wildman–Crippen LogP) is 2.85. The van der Waals surface area contributed by atoms with Crippen LogP contribution in [0.25, 0.3) is 0 Å². The van der Waals surface area contributed by atoms with Gasteiger partial charge in [0.1, 0.15) is 22.4 Å². The van der Waals surface area contributed by atoms with Crippen molar-refractivity contribution in [3.63, 3.8) is 0 Å². The molecule has 2 aromatic rings. The molecule has 5 heteroatoms. The molecule has 112 valence electrons. The maximum atomic E-state index is 5.73. The van der Waals surface area contributed by atoms with E-state index in [9.17, 15) is 0 Å². The van der Waals surface area contributed by atoms with Crippen LogP contribution in [0.4, 0.5) is 0 Å². The lowest BCUT2D eigenvalue weighted by Gasteiger charge is -2.05. The van der Waals surface area contributed by atoms with Crippen LogP contribution in [0.5, 0.6) is 5.75 Å². The number of benzene rings is 1. The highest BCUT2D eigenvalue weighted by Gasteiger charge is 2.28. The minimum absolute atomic E-state index is 0.246. The van der Waals surface area contributed by atoms with Crippen LogP contribution >= 0.6 is 11.3 Å². The molecule has 3 rings (SSSR count). The topological polar surface area (TPSA) is 47.0 Å². The number of rotatable bonds is 6. The van der Waals surface area contributed by atoms with Crippen LogP contribution in [-0.4, -0.2) is 29.9 Å². The summed E-state index contributed by atoms with van der Waals surface area (Å²) in [7, 11) is 0. The van der Waals surface area contributed by atoms with E-state index in [2.05, 4.69) is 41.5 Å². The number of nitrogens with one attached hydrogen (secondary N) is 1. The van der Waals surface area contributed by atoms with Crippen molar-refractivity contribution in [1.29, 1.82) is 0 Å². The Morgan fingerprint density at radius 3 is 3.05 bits per heavy atom. The number of hydrogen-bond donors (Lipinski definition) is 1. The molecule has 0 amide bonds. The second kappa shape index (κ2) is 6.54. The summed E-state index contributed by atoms with van der Waals surface area (Å²) in [6.07, 6.45) is 0.944. The van der Waals surface area contributed by atoms with Gasteiger partial charge >= 0.3 is 0 Å². The standard InChI is InChI=1S/C16H21N3OS/c1-11(2)9-17-8-7-15-18-19-16(21-15)13-10-20-14-6-4-3-5-12(13)14/h3-6,11,13,17H,7-10H2,1-2H3. The third-order valence-electron chi connectivity index (χ3n) is 3.55. The summed E-state index contributed by atoms with van der Waals surface area (Å²) >= 11 is 1.71. The summed E-state index contributed by atoms with van der Waals surface area (Å²) in [6, 6.07) is 8.21. The molecular weight excluding hydrogens is 282 g/mol. The maximum Gasteiger partial charge on any atom is 0.128 e. The van der Waals surface area contributed by atoms with Gasteiger partial charge in [0.2, 0.25) is 0 Å². The molecule has 1 unspecified atom stereocenters. The Kier molecular flexibility index (Phi) is 4.51. The molecule has 2 heterocycles. The van der Waals surface area contributed by atoms with Crippen molar-refractivity contribution in [3.8, 4) is 5.75 Å². The number of fused-ring (bicyclic) bond motifs is 1. The summed E-state index contributed by atoms with van der Waals surface area (Å²) < 4.78 is 5.73. The second-order valence-electron chi connectivity index (χ2n) is 5.78. The van der Waals surface area contributed by atoms with E-state index < -0.39 is 0 Å². The second-order valence-corrected chi connectivity index (χ2v) is 6.88. The molecule has 0 aliphatic carbocycles. The molecule has 0 fully saturated rings. The largest absolute Gasteiger partial charge is 0.492 e. The average Bonchev–Trinajstić information content (AvgIpc) is 3.09. The molecule has 0 bridgehead atoms. The quantitative estimate of drug-likeness (QED) is 0.834. The summed E-state index contributed by atoms with van der Waals surface area (Å²) in [4.78, 5) is 0. The van der Waals surface area contributed by atoms with Crippen LogP contribution in [0, 0.1) is 5.92 Å². The molecule has 1 atom stereocenters. The van der Waals surface area contributed by atoms with Gasteiger partial charge in [0.05, 0.1) is 5.92 Å². The van der Waals surface area contributed by atoms with Gasteiger partial charge in [-0.25, -0.2) is 0 Å². The van der Waals surface area contributed by atoms with Crippen LogP contribution in [0.2, 0.25) is 0 Å². The van der Waals surface area contributed by atoms with Gasteiger partial charge in [-0.05, 0) is 18.5 Å². The molecule has 1 aromatic heterocycles. The molecule has 1 aliphatic heterocycles. The summed E-state index contributed by atoms with van der Waals surface area (Å²) in [6.45, 7) is 7.13. The zero-order valence-electron chi connectivity index (χ0n) is 12.5. The molecule has 1 aromatic carbocycles. The first-order valence-corrected chi connectivity index (χ1v) is 8.30. The van der Waals surface area contributed by atoms with Crippen LogP contribution in [0.15, 0.2) is 24.3 Å². The van der Waals surface area contributed by atoms with Crippen molar-refractivity contribution in [2.45, 2.75) is 26.2 Å². The molecular formula is C16H21N3OS. The molecule has 0 saturated carbocycles. The first-order valence-electron chi connectivity index (χ1n) is 7.48. The first kappa shape index (κ1) is 14.5. The molecule has 0 spiro atoms. The van der Waals surface area contributed by atoms with Gasteiger partial charge in [0, 0.05) is 18.5 Å². The van der Waals surface area contributed by atoms with Crippen LogP contribution in [0.3, 0.4) is 0 Å². The monoisotopic (exact) mass is 303 g/mol. The van der Waals surface area contributed by atoms with E-state index in [0.29, 0.717) is 12.5 Å². The summed E-state index contributed by atoms with van der Waals surface area (Å²) in [5.41, 5.74) is 1.23. The summed E-state index contributed by atoms with van der Waals surface area (Å²) in [5, 5.41) is 14.3. The van der Waals surface area contributed by atoms with E-state index in [0.717, 1.165) is 35.3 Å². The van der Waals surface area contributed by atoms with E-state index in [4.69, 9.17) is 4.74 Å². The smallest absolute Gasteiger partial charge is 0.128 e. The van der Waals surface area contributed by atoms with E-state index in [1.54, 1.807) is 11.3 Å². The van der Waals surface area contributed by atoms with Gasteiger partial charge in [-0.1, -0.05) is 32.0 Å². The van der Waals surface area contributed by atoms with Crippen molar-refractivity contribution in [1.82, 2.24) is 15.5 Å². The van der Waals surface area contributed by atoms with E-state index >= 15 is 0 Å². The first-order chi connectivity index (χ1) is 10.2. The van der Waals surface area contributed by atoms with Crippen molar-refractivity contribution >= 4 is 11.3 Å². The lowest BCUT2D eigenvalue weighted by Crippen LogP contribution is -2.22. The number of nitrogens with zero attached hydrogens (tertiary/aromatic N) is 2. The lowest BCUT2D eigenvalue weighted by molar-refractivity contribution is 0.342. The fourth-order valence-electron chi connectivity index (χ4n) is 2.46.